The molecule has 0 aliphatic carbocycles. The molecule has 3 nitrogen and oxygen atoms in total. The molecule has 2 aromatic carbocycles. The first kappa shape index (κ1) is 15.4. The van der Waals surface area contributed by atoms with E-state index in [0.29, 0.717) is 12.0 Å². The van der Waals surface area contributed by atoms with Gasteiger partial charge in [0.15, 0.2) is 0 Å². The van der Waals surface area contributed by atoms with Gasteiger partial charge in [0, 0.05) is 35.3 Å². The van der Waals surface area contributed by atoms with Gasteiger partial charge >= 0.3 is 0 Å². The second-order valence-electron chi connectivity index (χ2n) is 7.49. The van der Waals surface area contributed by atoms with Gasteiger partial charge in [-0.1, -0.05) is 41.9 Å². The van der Waals surface area contributed by atoms with E-state index >= 15 is 0 Å². The number of benzene rings is 2. The lowest BCUT2D eigenvalue weighted by Crippen LogP contribution is -2.57. The minimum atomic E-state index is 0.197. The summed E-state index contributed by atoms with van der Waals surface area (Å²) in [4.78, 5) is 17.7. The van der Waals surface area contributed by atoms with Crippen LogP contribution in [-0.2, 0) is 6.54 Å². The molecule has 4 aliphatic rings. The zero-order chi connectivity index (χ0) is 17.0. The highest BCUT2D eigenvalue weighted by atomic mass is 35.5. The van der Waals surface area contributed by atoms with Crippen LogP contribution in [0.3, 0.4) is 0 Å². The number of amides is 1. The van der Waals surface area contributed by atoms with Gasteiger partial charge in [0.2, 0.25) is 0 Å². The van der Waals surface area contributed by atoms with Gasteiger partial charge in [-0.25, -0.2) is 0 Å². The Hall–Kier alpha value is -1.84. The quantitative estimate of drug-likeness (QED) is 0.813. The van der Waals surface area contributed by atoms with E-state index in [1.54, 1.807) is 0 Å². The van der Waals surface area contributed by atoms with Crippen molar-refractivity contribution < 1.29 is 4.79 Å². The highest BCUT2D eigenvalue weighted by molar-refractivity contribution is 6.33. The third kappa shape index (κ3) is 2.49. The van der Waals surface area contributed by atoms with Crippen molar-refractivity contribution in [3.05, 3.63) is 58.6 Å². The maximum absolute atomic E-state index is 13.1. The van der Waals surface area contributed by atoms with Gasteiger partial charge in [-0.15, -0.1) is 0 Å². The second kappa shape index (κ2) is 5.86. The zero-order valence-corrected chi connectivity index (χ0v) is 14.9. The number of hydrogen-bond acceptors (Lipinski definition) is 2. The predicted octanol–water partition coefficient (Wildman–Crippen LogP) is 4.06. The molecule has 1 amide bonds. The summed E-state index contributed by atoms with van der Waals surface area (Å²) in [6.07, 6.45) is 2.46. The van der Waals surface area contributed by atoms with E-state index in [2.05, 4.69) is 21.9 Å². The van der Waals surface area contributed by atoms with Crippen LogP contribution in [0.5, 0.6) is 0 Å². The van der Waals surface area contributed by atoms with Gasteiger partial charge in [0.1, 0.15) is 0 Å². The maximum atomic E-state index is 13.1. The van der Waals surface area contributed by atoms with Crippen molar-refractivity contribution in [2.75, 3.05) is 19.6 Å². The number of halogens is 1. The molecule has 1 unspecified atom stereocenters. The van der Waals surface area contributed by atoms with Crippen LogP contribution in [0.2, 0.25) is 5.02 Å². The molecule has 3 saturated heterocycles. The standard InChI is InChI=1S/C21H21ClN2O/c22-19-4-2-1-3-17(19)15-5-6-16-12-24(21(25)18(16)11-15)20-13-23-9-7-14(20)8-10-23/h1-6,11,14,20H,7-10,12-13H2. The number of nitrogens with zero attached hydrogens (tertiary/aromatic N) is 2. The van der Waals surface area contributed by atoms with Gasteiger partial charge in [0.25, 0.3) is 5.91 Å². The summed E-state index contributed by atoms with van der Waals surface area (Å²) in [5.74, 6) is 0.869. The molecule has 4 heterocycles. The topological polar surface area (TPSA) is 23.6 Å². The molecule has 3 fully saturated rings. The largest absolute Gasteiger partial charge is 0.330 e. The molecule has 1 atom stereocenters. The van der Waals surface area contributed by atoms with E-state index in [0.717, 1.165) is 40.4 Å². The Balaban J connectivity index is 1.47. The molecule has 25 heavy (non-hydrogen) atoms. The summed E-state index contributed by atoms with van der Waals surface area (Å²) < 4.78 is 0. The Morgan fingerprint density at radius 2 is 1.80 bits per heavy atom. The van der Waals surface area contributed by atoms with Crippen LogP contribution >= 0.6 is 11.6 Å². The maximum Gasteiger partial charge on any atom is 0.254 e. The number of rotatable bonds is 2. The molecule has 4 aliphatic heterocycles. The van der Waals surface area contributed by atoms with Crippen molar-refractivity contribution in [1.29, 1.82) is 0 Å². The molecule has 2 aromatic rings. The van der Waals surface area contributed by atoms with Crippen LogP contribution < -0.4 is 0 Å². The third-order valence-electron chi connectivity index (χ3n) is 6.15. The molecule has 0 saturated carbocycles. The predicted molar refractivity (Wildman–Crippen MR) is 99.7 cm³/mol. The summed E-state index contributed by atoms with van der Waals surface area (Å²) in [6, 6.07) is 14.4. The lowest BCUT2D eigenvalue weighted by Gasteiger charge is -2.48. The Morgan fingerprint density at radius 1 is 1.00 bits per heavy atom. The molecule has 0 aromatic heterocycles. The fourth-order valence-electron chi connectivity index (χ4n) is 4.74. The molecule has 0 N–H and O–H groups in total. The summed E-state index contributed by atoms with van der Waals surface area (Å²) in [6.45, 7) is 4.20. The first-order chi connectivity index (χ1) is 12.2. The van der Waals surface area contributed by atoms with Crippen LogP contribution in [-0.4, -0.2) is 41.4 Å². The average Bonchev–Trinajstić information content (AvgIpc) is 2.99. The van der Waals surface area contributed by atoms with Gasteiger partial charge in [-0.3, -0.25) is 4.79 Å². The monoisotopic (exact) mass is 352 g/mol. The minimum absolute atomic E-state index is 0.197. The van der Waals surface area contributed by atoms with Crippen LogP contribution in [0, 0.1) is 5.92 Å². The molecular weight excluding hydrogens is 332 g/mol. The lowest BCUT2D eigenvalue weighted by atomic mass is 9.83. The van der Waals surface area contributed by atoms with E-state index in [4.69, 9.17) is 11.6 Å². The van der Waals surface area contributed by atoms with Crippen LogP contribution in [0.4, 0.5) is 0 Å². The molecular formula is C21H21ClN2O. The normalized spacial score (nSPS) is 27.6. The summed E-state index contributed by atoms with van der Waals surface area (Å²) >= 11 is 6.34. The molecule has 4 heteroatoms. The fourth-order valence-corrected chi connectivity index (χ4v) is 4.99. The fraction of sp³-hybridized carbons (Fsp3) is 0.381. The first-order valence-corrected chi connectivity index (χ1v) is 9.49. The Morgan fingerprint density at radius 3 is 2.52 bits per heavy atom. The number of fused-ring (bicyclic) bond motifs is 4. The van der Waals surface area contributed by atoms with Crippen molar-refractivity contribution >= 4 is 17.5 Å². The summed E-state index contributed by atoms with van der Waals surface area (Å²) in [5, 5.41) is 0.724. The smallest absolute Gasteiger partial charge is 0.254 e. The Labute approximate surface area is 153 Å². The van der Waals surface area contributed by atoms with Gasteiger partial charge in [0.05, 0.1) is 0 Å². The number of carbonyl (C=O) groups is 1. The van der Waals surface area contributed by atoms with E-state index in [9.17, 15) is 4.79 Å². The number of hydrogen-bond donors (Lipinski definition) is 0. The van der Waals surface area contributed by atoms with E-state index < -0.39 is 0 Å². The third-order valence-corrected chi connectivity index (χ3v) is 6.48. The van der Waals surface area contributed by atoms with Crippen molar-refractivity contribution in [3.8, 4) is 11.1 Å². The number of piperidine rings is 3. The number of carbonyl (C=O) groups excluding carboxylic acids is 1. The Kier molecular flexibility index (Phi) is 3.61. The van der Waals surface area contributed by atoms with Crippen LogP contribution in [0.25, 0.3) is 11.1 Å². The van der Waals surface area contributed by atoms with E-state index in [-0.39, 0.29) is 5.91 Å². The average molecular weight is 353 g/mol. The van der Waals surface area contributed by atoms with Gasteiger partial charge in [-0.2, -0.15) is 0 Å². The van der Waals surface area contributed by atoms with Crippen molar-refractivity contribution in [3.63, 3.8) is 0 Å². The molecule has 2 bridgehead atoms. The molecule has 128 valence electrons. The van der Waals surface area contributed by atoms with Gasteiger partial charge < -0.3 is 9.80 Å². The zero-order valence-electron chi connectivity index (χ0n) is 14.1. The highest BCUT2D eigenvalue weighted by Crippen LogP contribution is 2.37. The second-order valence-corrected chi connectivity index (χ2v) is 7.90. The van der Waals surface area contributed by atoms with Crippen molar-refractivity contribution in [2.45, 2.75) is 25.4 Å². The van der Waals surface area contributed by atoms with Gasteiger partial charge in [-0.05, 0) is 55.1 Å². The Bertz CT molecular complexity index is 842. The SMILES string of the molecule is O=C1c2cc(-c3ccccc3Cl)ccc2CN1C1CN2CCC1CC2. The summed E-state index contributed by atoms with van der Waals surface area (Å²) in [5.41, 5.74) is 4.01. The highest BCUT2D eigenvalue weighted by Gasteiger charge is 2.42. The van der Waals surface area contributed by atoms with Crippen LogP contribution in [0.15, 0.2) is 42.5 Å². The summed E-state index contributed by atoms with van der Waals surface area (Å²) in [7, 11) is 0. The van der Waals surface area contributed by atoms with Crippen LogP contribution in [0.1, 0.15) is 28.8 Å². The van der Waals surface area contributed by atoms with E-state index in [1.165, 1.54) is 25.9 Å². The van der Waals surface area contributed by atoms with Crippen molar-refractivity contribution in [2.24, 2.45) is 5.92 Å². The molecule has 0 spiro atoms. The molecule has 0 radical (unpaired) electrons. The van der Waals surface area contributed by atoms with E-state index in [1.807, 2.05) is 30.3 Å². The van der Waals surface area contributed by atoms with Crippen molar-refractivity contribution in [1.82, 2.24) is 9.80 Å². The first-order valence-electron chi connectivity index (χ1n) is 9.12. The lowest BCUT2D eigenvalue weighted by molar-refractivity contribution is 0.00846. The molecule has 6 rings (SSSR count). The minimum Gasteiger partial charge on any atom is -0.330 e.